The van der Waals surface area contributed by atoms with Crippen molar-refractivity contribution in [2.45, 2.75) is 17.9 Å². The number of hydrogen-bond donors (Lipinski definition) is 1. The van der Waals surface area contributed by atoms with Crippen LogP contribution in [0.3, 0.4) is 0 Å². The highest BCUT2D eigenvalue weighted by molar-refractivity contribution is 7.98. The molecule has 1 unspecified atom stereocenters. The maximum atomic E-state index is 12.4. The van der Waals surface area contributed by atoms with Crippen LogP contribution in [0.15, 0.2) is 41.3 Å². The number of pyridine rings is 1. The molecule has 0 fully saturated rings. The highest BCUT2D eigenvalue weighted by atomic mass is 35.5. The molecule has 0 aliphatic carbocycles. The second-order valence-corrected chi connectivity index (χ2v) is 5.89. The molecular formula is C16H17ClN2O2S. The van der Waals surface area contributed by atoms with E-state index in [-0.39, 0.29) is 11.9 Å². The van der Waals surface area contributed by atoms with Gasteiger partial charge in [0.25, 0.3) is 5.91 Å². The van der Waals surface area contributed by atoms with Gasteiger partial charge in [0.2, 0.25) is 0 Å². The number of nitrogens with one attached hydrogen (secondary N) is 1. The Morgan fingerprint density at radius 2 is 1.95 bits per heavy atom. The molecule has 22 heavy (non-hydrogen) atoms. The quantitative estimate of drug-likeness (QED) is 0.663. The van der Waals surface area contributed by atoms with Crippen molar-refractivity contribution in [1.82, 2.24) is 10.3 Å². The van der Waals surface area contributed by atoms with Gasteiger partial charge in [0.05, 0.1) is 13.2 Å². The number of thioether (sulfide) groups is 1. The van der Waals surface area contributed by atoms with Gasteiger partial charge < -0.3 is 10.1 Å². The van der Waals surface area contributed by atoms with E-state index < -0.39 is 0 Å². The number of carbonyl (C=O) groups excluding carboxylic acids is 1. The van der Waals surface area contributed by atoms with Gasteiger partial charge >= 0.3 is 0 Å². The molecule has 0 radical (unpaired) electrons. The number of amides is 1. The van der Waals surface area contributed by atoms with Gasteiger partial charge in [0.15, 0.2) is 0 Å². The van der Waals surface area contributed by atoms with Gasteiger partial charge in [0.1, 0.15) is 16.6 Å². The van der Waals surface area contributed by atoms with Crippen LogP contribution in [0.1, 0.15) is 29.0 Å². The van der Waals surface area contributed by atoms with Crippen molar-refractivity contribution >= 4 is 29.3 Å². The van der Waals surface area contributed by atoms with Gasteiger partial charge in [-0.2, -0.15) is 0 Å². The molecule has 0 spiro atoms. The molecule has 0 aliphatic heterocycles. The van der Waals surface area contributed by atoms with Gasteiger partial charge in [-0.1, -0.05) is 23.7 Å². The van der Waals surface area contributed by atoms with Gasteiger partial charge in [-0.3, -0.25) is 4.79 Å². The monoisotopic (exact) mass is 336 g/mol. The van der Waals surface area contributed by atoms with Crippen molar-refractivity contribution in [3.05, 3.63) is 52.8 Å². The first-order chi connectivity index (χ1) is 10.5. The van der Waals surface area contributed by atoms with Gasteiger partial charge in [-0.15, -0.1) is 11.8 Å². The molecule has 0 saturated carbocycles. The Hall–Kier alpha value is -1.72. The second kappa shape index (κ2) is 7.51. The summed E-state index contributed by atoms with van der Waals surface area (Å²) in [6, 6.07) is 10.9. The lowest BCUT2D eigenvalue weighted by molar-refractivity contribution is 0.0931. The summed E-state index contributed by atoms with van der Waals surface area (Å²) in [7, 11) is 1.62. The number of benzene rings is 1. The minimum Gasteiger partial charge on any atom is -0.497 e. The van der Waals surface area contributed by atoms with Crippen molar-refractivity contribution in [3.8, 4) is 5.75 Å². The molecule has 1 amide bonds. The van der Waals surface area contributed by atoms with E-state index in [0.717, 1.165) is 16.2 Å². The summed E-state index contributed by atoms with van der Waals surface area (Å²) in [5.74, 6) is 0.540. The normalized spacial score (nSPS) is 11.8. The Labute approximate surface area is 139 Å². The zero-order valence-corrected chi connectivity index (χ0v) is 14.2. The molecule has 0 aliphatic rings. The Morgan fingerprint density at radius 1 is 1.27 bits per heavy atom. The lowest BCUT2D eigenvalue weighted by atomic mass is 10.1. The summed E-state index contributed by atoms with van der Waals surface area (Å²) < 4.78 is 5.13. The van der Waals surface area contributed by atoms with E-state index in [9.17, 15) is 4.79 Å². The zero-order valence-electron chi connectivity index (χ0n) is 12.6. The Morgan fingerprint density at radius 3 is 2.55 bits per heavy atom. The smallest absolute Gasteiger partial charge is 0.271 e. The van der Waals surface area contributed by atoms with Gasteiger partial charge in [-0.05, 0) is 43.0 Å². The van der Waals surface area contributed by atoms with Crippen molar-refractivity contribution in [2.24, 2.45) is 0 Å². The van der Waals surface area contributed by atoms with E-state index in [0.29, 0.717) is 10.8 Å². The Bertz CT molecular complexity index is 662. The van der Waals surface area contributed by atoms with E-state index in [1.54, 1.807) is 19.2 Å². The average molecular weight is 337 g/mol. The first-order valence-electron chi connectivity index (χ1n) is 6.70. The minimum atomic E-state index is -0.241. The van der Waals surface area contributed by atoms with E-state index in [4.69, 9.17) is 16.3 Å². The third-order valence-corrected chi connectivity index (χ3v) is 4.20. The van der Waals surface area contributed by atoms with Crippen LogP contribution in [0.2, 0.25) is 5.15 Å². The summed E-state index contributed by atoms with van der Waals surface area (Å²) in [4.78, 5) is 17.3. The van der Waals surface area contributed by atoms with Crippen molar-refractivity contribution in [2.75, 3.05) is 13.4 Å². The molecule has 1 aromatic carbocycles. The Balaban J connectivity index is 2.15. The van der Waals surface area contributed by atoms with E-state index >= 15 is 0 Å². The van der Waals surface area contributed by atoms with Crippen molar-refractivity contribution < 1.29 is 9.53 Å². The van der Waals surface area contributed by atoms with Crippen LogP contribution >= 0.6 is 23.4 Å². The van der Waals surface area contributed by atoms with Gasteiger partial charge in [-0.25, -0.2) is 4.98 Å². The SMILES string of the molecule is COc1ccc(C(C)NC(=O)c2nc(Cl)ccc2SC)cc1. The third kappa shape index (κ3) is 3.93. The number of halogens is 1. The predicted molar refractivity (Wildman–Crippen MR) is 89.9 cm³/mol. The highest BCUT2D eigenvalue weighted by Crippen LogP contribution is 2.22. The first kappa shape index (κ1) is 16.6. The molecule has 0 saturated heterocycles. The lowest BCUT2D eigenvalue weighted by Gasteiger charge is -2.15. The van der Waals surface area contributed by atoms with Crippen LogP contribution < -0.4 is 10.1 Å². The molecule has 1 heterocycles. The summed E-state index contributed by atoms with van der Waals surface area (Å²) in [5, 5.41) is 3.24. The molecule has 6 heteroatoms. The fourth-order valence-corrected chi connectivity index (χ4v) is 2.67. The lowest BCUT2D eigenvalue weighted by Crippen LogP contribution is -2.28. The maximum absolute atomic E-state index is 12.4. The second-order valence-electron chi connectivity index (χ2n) is 4.65. The van der Waals surface area contributed by atoms with E-state index in [2.05, 4.69) is 10.3 Å². The summed E-state index contributed by atoms with van der Waals surface area (Å²) in [6.07, 6.45) is 1.90. The number of rotatable bonds is 5. The van der Waals surface area contributed by atoms with Crippen LogP contribution in [0, 0.1) is 0 Å². The number of hydrogen-bond acceptors (Lipinski definition) is 4. The molecule has 0 bridgehead atoms. The first-order valence-corrected chi connectivity index (χ1v) is 8.30. The largest absolute Gasteiger partial charge is 0.497 e. The zero-order chi connectivity index (χ0) is 16.1. The standard InChI is InChI=1S/C16H17ClN2O2S/c1-10(11-4-6-12(21-2)7-5-11)18-16(20)15-13(22-3)8-9-14(17)19-15/h4-10H,1-3H3,(H,18,20). The number of carbonyl (C=O) groups is 1. The van der Waals surface area contributed by atoms with Crippen LogP contribution in [0.25, 0.3) is 0 Å². The maximum Gasteiger partial charge on any atom is 0.271 e. The molecule has 4 nitrogen and oxygen atoms in total. The predicted octanol–water partition coefficient (Wildman–Crippen LogP) is 3.96. The fraction of sp³-hybridized carbons (Fsp3) is 0.250. The van der Waals surface area contributed by atoms with Crippen LogP contribution in [-0.2, 0) is 0 Å². The average Bonchev–Trinajstić information content (AvgIpc) is 2.54. The summed E-state index contributed by atoms with van der Waals surface area (Å²) in [6.45, 7) is 1.92. The molecule has 1 N–H and O–H groups in total. The van der Waals surface area contributed by atoms with Gasteiger partial charge in [0, 0.05) is 4.90 Å². The molecule has 1 aromatic heterocycles. The summed E-state index contributed by atoms with van der Waals surface area (Å²) in [5.41, 5.74) is 1.34. The van der Waals surface area contributed by atoms with Crippen molar-refractivity contribution in [1.29, 1.82) is 0 Å². The molecule has 2 aromatic rings. The third-order valence-electron chi connectivity index (χ3n) is 3.22. The van der Waals surface area contributed by atoms with E-state index in [1.807, 2.05) is 37.4 Å². The topological polar surface area (TPSA) is 51.2 Å². The van der Waals surface area contributed by atoms with Crippen LogP contribution in [0.4, 0.5) is 0 Å². The fourth-order valence-electron chi connectivity index (χ4n) is 1.99. The molecule has 1 atom stereocenters. The molecule has 2 rings (SSSR count). The minimum absolute atomic E-state index is 0.145. The highest BCUT2D eigenvalue weighted by Gasteiger charge is 2.16. The Kier molecular flexibility index (Phi) is 5.69. The number of nitrogens with zero attached hydrogens (tertiary/aromatic N) is 1. The van der Waals surface area contributed by atoms with E-state index in [1.165, 1.54) is 11.8 Å². The van der Waals surface area contributed by atoms with Crippen LogP contribution in [0.5, 0.6) is 5.75 Å². The van der Waals surface area contributed by atoms with Crippen molar-refractivity contribution in [3.63, 3.8) is 0 Å². The van der Waals surface area contributed by atoms with Crippen LogP contribution in [-0.4, -0.2) is 24.3 Å². The molecule has 116 valence electrons. The number of methoxy groups -OCH3 is 1. The summed E-state index contributed by atoms with van der Waals surface area (Å²) >= 11 is 7.35. The number of aromatic nitrogens is 1. The number of ether oxygens (including phenoxy) is 1. The molecular weight excluding hydrogens is 320 g/mol.